The summed E-state index contributed by atoms with van der Waals surface area (Å²) in [7, 11) is -10.2. The molecule has 3 fully saturated rings. The van der Waals surface area contributed by atoms with Crippen molar-refractivity contribution in [2.24, 2.45) is 10.7 Å². The Morgan fingerprint density at radius 3 is 2.43 bits per heavy atom. The number of hydrogen-bond donors (Lipinski definition) is 6. The second kappa shape index (κ2) is 10.8. The molecular weight excluding hydrogens is 639 g/mol. The molecule has 44 heavy (non-hydrogen) atoms. The number of anilines is 1. The lowest BCUT2D eigenvalue weighted by molar-refractivity contribution is -0.0675. The zero-order chi connectivity index (χ0) is 31.0. The van der Waals surface area contributed by atoms with Crippen LogP contribution >= 0.6 is 15.6 Å². The van der Waals surface area contributed by atoms with E-state index in [0.29, 0.717) is 5.69 Å². The van der Waals surface area contributed by atoms with Crippen molar-refractivity contribution in [3.05, 3.63) is 35.0 Å². The lowest BCUT2D eigenvalue weighted by atomic mass is 10.1. The van der Waals surface area contributed by atoms with Crippen LogP contribution in [0, 0.1) is 0 Å². The van der Waals surface area contributed by atoms with E-state index < -0.39 is 89.7 Å². The van der Waals surface area contributed by atoms with Crippen molar-refractivity contribution in [1.29, 1.82) is 0 Å². The summed E-state index contributed by atoms with van der Waals surface area (Å²) < 4.78 is 76.4. The molecule has 4 aliphatic heterocycles. The molecule has 7 rings (SSSR count). The largest absolute Gasteiger partial charge is 0.472 e. The van der Waals surface area contributed by atoms with Crippen LogP contribution in [0.15, 0.2) is 28.8 Å². The number of aliphatic hydroxyl groups excluding tert-OH is 1. The standard InChI is InChI=1S/C20H24FN9O12P2/c21-9-13-8(40-19(9)29-6-28-11-17(29)25-4-26-18(11)32)2-38-44(35,36)42-14-12(31)7(1-37-43(33,34)41-13)39-20(14)30-5-27-10-15(22)23-3-24-16(10)30/h3-9,12-15,19-20,31H,1-2,22H2,(H,23,24)(H,33,34)(H,35,36)(H,25,26,32)/t7-,8-,9-,12-,13-,14-,15?,19-,20-/m1/s1. The van der Waals surface area contributed by atoms with Crippen molar-refractivity contribution >= 4 is 39.0 Å². The molecule has 24 heteroatoms. The molecule has 0 amide bonds. The number of aromatic amines is 1. The fourth-order valence-electron chi connectivity index (χ4n) is 5.31. The van der Waals surface area contributed by atoms with Crippen LogP contribution in [0.1, 0.15) is 24.3 Å². The molecule has 3 aromatic heterocycles. The van der Waals surface area contributed by atoms with Crippen LogP contribution in [0.5, 0.6) is 0 Å². The van der Waals surface area contributed by atoms with Gasteiger partial charge in [-0.15, -0.1) is 0 Å². The van der Waals surface area contributed by atoms with Gasteiger partial charge in [-0.3, -0.25) is 37.0 Å². The fraction of sp³-hybridized carbons (Fsp3) is 0.550. The molecule has 0 aromatic carbocycles. The molecular formula is C20H24FN9O12P2. The summed E-state index contributed by atoms with van der Waals surface area (Å²) in [4.78, 5) is 51.6. The Morgan fingerprint density at radius 2 is 1.66 bits per heavy atom. The third-order valence-corrected chi connectivity index (χ3v) is 9.32. The fourth-order valence-corrected chi connectivity index (χ4v) is 7.20. The highest BCUT2D eigenvalue weighted by atomic mass is 31.2. The molecule has 21 nitrogen and oxygen atoms in total. The maximum Gasteiger partial charge on any atom is 0.472 e. The number of aliphatic imine (C=N–C) groups is 1. The summed E-state index contributed by atoms with van der Waals surface area (Å²) in [5.74, 6) is 0.275. The zero-order valence-corrected chi connectivity index (χ0v) is 23.8. The normalized spacial score (nSPS) is 40.9. The molecule has 7 N–H and O–H groups in total. The molecule has 11 atom stereocenters. The Morgan fingerprint density at radius 1 is 0.977 bits per heavy atom. The summed E-state index contributed by atoms with van der Waals surface area (Å²) in [6.45, 7) is -1.70. The number of ether oxygens (including phenoxy) is 2. The predicted octanol–water partition coefficient (Wildman–Crippen LogP) is -1.06. The number of nitrogens with two attached hydrogens (primary N) is 1. The molecule has 3 aromatic rings. The predicted molar refractivity (Wildman–Crippen MR) is 139 cm³/mol. The van der Waals surface area contributed by atoms with Gasteiger partial charge < -0.3 is 40.4 Å². The van der Waals surface area contributed by atoms with Gasteiger partial charge >= 0.3 is 15.6 Å². The Hall–Kier alpha value is -2.98. The van der Waals surface area contributed by atoms with Gasteiger partial charge in [0.15, 0.2) is 29.8 Å². The van der Waals surface area contributed by atoms with E-state index in [1.54, 1.807) is 0 Å². The highest BCUT2D eigenvalue weighted by Crippen LogP contribution is 2.54. The minimum Gasteiger partial charge on any atom is -0.387 e. The van der Waals surface area contributed by atoms with E-state index in [1.807, 2.05) is 0 Å². The Kier molecular flexibility index (Phi) is 7.31. The van der Waals surface area contributed by atoms with Gasteiger partial charge in [-0.25, -0.2) is 28.5 Å². The van der Waals surface area contributed by atoms with Crippen LogP contribution in [0.2, 0.25) is 0 Å². The van der Waals surface area contributed by atoms with Gasteiger partial charge in [0.05, 0.1) is 38.5 Å². The summed E-state index contributed by atoms with van der Waals surface area (Å²) in [6.07, 6.45) is -9.63. The molecule has 2 bridgehead atoms. The van der Waals surface area contributed by atoms with Gasteiger partial charge in [0.2, 0.25) is 0 Å². The van der Waals surface area contributed by atoms with E-state index in [2.05, 4.69) is 30.2 Å². The number of H-pyrrole nitrogens is 1. The van der Waals surface area contributed by atoms with Crippen LogP contribution in [-0.4, -0.2) is 100 Å². The van der Waals surface area contributed by atoms with Crippen molar-refractivity contribution in [2.75, 3.05) is 18.5 Å². The maximum atomic E-state index is 15.8. The SMILES string of the molecule is NC1N=CNc2c1ncn2[C@@H]1O[C@@H]2COP(=O)(O)O[C@H]3[C@@H](F)[C@H](n4cnc5c(=O)[nH]cnc54)O[C@@H]3COP(=O)(O)O[C@@H]1[C@@H]2O. The van der Waals surface area contributed by atoms with E-state index in [-0.39, 0.29) is 17.0 Å². The third kappa shape index (κ3) is 5.11. The Bertz CT molecular complexity index is 1770. The third-order valence-electron chi connectivity index (χ3n) is 7.35. The highest BCUT2D eigenvalue weighted by molar-refractivity contribution is 7.47. The Balaban J connectivity index is 1.19. The molecule has 0 saturated carbocycles. The van der Waals surface area contributed by atoms with Crippen LogP contribution in [-0.2, 0) is 36.7 Å². The lowest BCUT2D eigenvalue weighted by Crippen LogP contribution is -2.35. The van der Waals surface area contributed by atoms with Crippen LogP contribution in [0.3, 0.4) is 0 Å². The number of nitrogens with zero attached hydrogens (tertiary/aromatic N) is 6. The van der Waals surface area contributed by atoms with Crippen LogP contribution < -0.4 is 16.6 Å². The van der Waals surface area contributed by atoms with Crippen LogP contribution in [0.25, 0.3) is 11.2 Å². The molecule has 0 spiro atoms. The van der Waals surface area contributed by atoms with Crippen LogP contribution in [0.4, 0.5) is 10.2 Å². The Labute approximate surface area is 244 Å². The van der Waals surface area contributed by atoms with Gasteiger partial charge in [0.1, 0.15) is 48.2 Å². The van der Waals surface area contributed by atoms with E-state index in [0.717, 1.165) is 17.2 Å². The number of aromatic nitrogens is 6. The number of imidazole rings is 2. The van der Waals surface area contributed by atoms with Crippen molar-refractivity contribution in [2.45, 2.75) is 55.3 Å². The minimum atomic E-state index is -5.12. The maximum absolute atomic E-state index is 15.8. The minimum absolute atomic E-state index is 0.0760. The van der Waals surface area contributed by atoms with E-state index in [9.17, 15) is 28.8 Å². The second-order valence-electron chi connectivity index (χ2n) is 10.0. The number of halogens is 1. The smallest absolute Gasteiger partial charge is 0.387 e. The molecule has 0 aliphatic carbocycles. The summed E-state index contributed by atoms with van der Waals surface area (Å²) in [5.41, 5.74) is 5.40. The first-order valence-electron chi connectivity index (χ1n) is 12.9. The highest BCUT2D eigenvalue weighted by Gasteiger charge is 2.54. The molecule has 4 aliphatic rings. The summed E-state index contributed by atoms with van der Waals surface area (Å²) in [5, 5.41) is 13.8. The molecule has 3 unspecified atom stereocenters. The topological polar surface area (TPSA) is 282 Å². The summed E-state index contributed by atoms with van der Waals surface area (Å²) in [6, 6.07) is 0. The monoisotopic (exact) mass is 663 g/mol. The number of rotatable bonds is 2. The van der Waals surface area contributed by atoms with Gasteiger partial charge in [-0.2, -0.15) is 0 Å². The molecule has 3 saturated heterocycles. The number of phosphoric acid groups is 2. The number of fused-ring (bicyclic) bond motifs is 5. The molecule has 7 heterocycles. The second-order valence-corrected chi connectivity index (χ2v) is 12.9. The summed E-state index contributed by atoms with van der Waals surface area (Å²) >= 11 is 0. The van der Waals surface area contributed by atoms with Gasteiger partial charge in [-0.1, -0.05) is 0 Å². The lowest BCUT2D eigenvalue weighted by Gasteiger charge is -2.26. The van der Waals surface area contributed by atoms with Crippen molar-refractivity contribution in [1.82, 2.24) is 29.1 Å². The quantitative estimate of drug-likeness (QED) is 0.178. The number of alkyl halides is 1. The van der Waals surface area contributed by atoms with E-state index >= 15 is 4.39 Å². The first-order valence-corrected chi connectivity index (χ1v) is 15.9. The molecule has 238 valence electrons. The molecule has 0 radical (unpaired) electrons. The number of nitrogens with one attached hydrogen (secondary N) is 2. The average Bonchev–Trinajstić information content (AvgIpc) is 3.73. The van der Waals surface area contributed by atoms with Gasteiger partial charge in [0.25, 0.3) is 5.56 Å². The van der Waals surface area contributed by atoms with E-state index in [1.165, 1.54) is 17.2 Å². The first kappa shape index (κ1) is 29.7. The number of aliphatic hydroxyl groups is 1. The van der Waals surface area contributed by atoms with Crippen molar-refractivity contribution < 1.29 is 56.0 Å². The van der Waals surface area contributed by atoms with Gasteiger partial charge in [-0.05, 0) is 0 Å². The van der Waals surface area contributed by atoms with Gasteiger partial charge in [0, 0.05) is 0 Å². The van der Waals surface area contributed by atoms with Crippen molar-refractivity contribution in [3.63, 3.8) is 0 Å². The zero-order valence-electron chi connectivity index (χ0n) is 22.0. The van der Waals surface area contributed by atoms with E-state index in [4.69, 9.17) is 33.3 Å². The number of phosphoric ester groups is 2. The van der Waals surface area contributed by atoms with Crippen molar-refractivity contribution in [3.8, 4) is 0 Å². The average molecular weight is 663 g/mol. The number of hydrogen-bond acceptors (Lipinski definition) is 16. The first-order chi connectivity index (χ1) is 20.9.